The number of esters is 1. The van der Waals surface area contributed by atoms with E-state index in [0.717, 1.165) is 6.42 Å². The summed E-state index contributed by atoms with van der Waals surface area (Å²) < 4.78 is 9.73. The van der Waals surface area contributed by atoms with E-state index in [1.54, 1.807) is 30.3 Å². The van der Waals surface area contributed by atoms with Crippen LogP contribution in [0.4, 0.5) is 0 Å². The zero-order valence-corrected chi connectivity index (χ0v) is 13.6. The third-order valence-electron chi connectivity index (χ3n) is 2.81. The highest BCUT2D eigenvalue weighted by Crippen LogP contribution is 2.20. The topological polar surface area (TPSA) is 81.7 Å². The second-order valence-electron chi connectivity index (χ2n) is 4.57. The standard InChI is InChI=1S/C15H20NO5P/c1-2-6-12(17)16-10-9-13(18)20-14(15(19)21-22)11-7-4-3-5-8-11/h3-5,7-8,14H,2,6,9-10,22H2,1H3,(H,16,17)/t14-/m1/s1. The Morgan fingerprint density at radius 1 is 1.18 bits per heavy atom. The third-order valence-corrected chi connectivity index (χ3v) is 3.04. The molecule has 22 heavy (non-hydrogen) atoms. The number of amides is 1. The summed E-state index contributed by atoms with van der Waals surface area (Å²) in [7, 11) is 1.84. The molecule has 6 nitrogen and oxygen atoms in total. The molecule has 0 saturated heterocycles. The van der Waals surface area contributed by atoms with Crippen LogP contribution in [-0.2, 0) is 23.6 Å². The normalized spacial score (nSPS) is 11.4. The zero-order chi connectivity index (χ0) is 16.4. The van der Waals surface area contributed by atoms with Gasteiger partial charge in [0.25, 0.3) is 0 Å². The molecule has 7 heteroatoms. The van der Waals surface area contributed by atoms with E-state index in [4.69, 9.17) is 4.74 Å². The van der Waals surface area contributed by atoms with Gasteiger partial charge in [-0.2, -0.15) is 0 Å². The van der Waals surface area contributed by atoms with Crippen LogP contribution >= 0.6 is 9.47 Å². The first-order valence-corrected chi connectivity index (χ1v) is 7.47. The molecule has 0 aliphatic rings. The molecule has 0 fully saturated rings. The van der Waals surface area contributed by atoms with Crippen LogP contribution in [0.25, 0.3) is 0 Å². The summed E-state index contributed by atoms with van der Waals surface area (Å²) in [6, 6.07) is 8.59. The van der Waals surface area contributed by atoms with Crippen molar-refractivity contribution in [2.75, 3.05) is 6.54 Å². The van der Waals surface area contributed by atoms with Crippen LogP contribution in [0.3, 0.4) is 0 Å². The summed E-state index contributed by atoms with van der Waals surface area (Å²) in [6.07, 6.45) is 0.0358. The highest BCUT2D eigenvalue weighted by Gasteiger charge is 2.25. The SMILES string of the molecule is CCCC(=O)NCCC(=O)O[C@@H](C(=O)OP)c1ccccc1. The highest BCUT2D eigenvalue weighted by molar-refractivity contribution is 7.10. The van der Waals surface area contributed by atoms with Crippen molar-refractivity contribution in [2.45, 2.75) is 32.3 Å². The first-order valence-electron chi connectivity index (χ1n) is 7.00. The maximum absolute atomic E-state index is 11.8. The van der Waals surface area contributed by atoms with E-state index in [1.165, 1.54) is 0 Å². The van der Waals surface area contributed by atoms with Crippen LogP contribution in [0.5, 0.6) is 0 Å². The summed E-state index contributed by atoms with van der Waals surface area (Å²) in [6.45, 7) is 2.07. The molecule has 2 atom stereocenters. The Morgan fingerprint density at radius 3 is 2.45 bits per heavy atom. The average molecular weight is 325 g/mol. The minimum absolute atomic E-state index is 0.0110. The first-order chi connectivity index (χ1) is 10.6. The Hall–Kier alpha value is -1.94. The fraction of sp³-hybridized carbons (Fsp3) is 0.400. The lowest BCUT2D eigenvalue weighted by Crippen LogP contribution is -2.27. The van der Waals surface area contributed by atoms with Gasteiger partial charge in [0.1, 0.15) is 0 Å². The quantitative estimate of drug-likeness (QED) is 0.583. The van der Waals surface area contributed by atoms with Crippen LogP contribution in [0.15, 0.2) is 30.3 Å². The van der Waals surface area contributed by atoms with Crippen molar-refractivity contribution in [2.24, 2.45) is 0 Å². The summed E-state index contributed by atoms with van der Waals surface area (Å²) in [5.41, 5.74) is 0.526. The highest BCUT2D eigenvalue weighted by atomic mass is 31.0. The van der Waals surface area contributed by atoms with E-state index >= 15 is 0 Å². The Balaban J connectivity index is 2.54. The summed E-state index contributed by atoms with van der Waals surface area (Å²) in [4.78, 5) is 34.8. The summed E-state index contributed by atoms with van der Waals surface area (Å²) in [5, 5.41) is 2.61. The zero-order valence-electron chi connectivity index (χ0n) is 12.4. The van der Waals surface area contributed by atoms with Gasteiger partial charge in [-0.15, -0.1) is 0 Å². The minimum Gasteiger partial charge on any atom is -0.449 e. The second kappa shape index (κ2) is 9.90. The van der Waals surface area contributed by atoms with Crippen molar-refractivity contribution in [1.29, 1.82) is 0 Å². The largest absolute Gasteiger partial charge is 0.449 e. The van der Waals surface area contributed by atoms with Crippen molar-refractivity contribution in [3.05, 3.63) is 35.9 Å². The molecule has 0 aliphatic carbocycles. The van der Waals surface area contributed by atoms with Gasteiger partial charge in [0.15, 0.2) is 0 Å². The number of benzene rings is 1. The number of hydrogen-bond acceptors (Lipinski definition) is 5. The fourth-order valence-corrected chi connectivity index (χ4v) is 1.88. The van der Waals surface area contributed by atoms with Crippen molar-refractivity contribution in [1.82, 2.24) is 5.32 Å². The van der Waals surface area contributed by atoms with Gasteiger partial charge in [-0.3, -0.25) is 9.59 Å². The van der Waals surface area contributed by atoms with Crippen LogP contribution in [0.2, 0.25) is 0 Å². The van der Waals surface area contributed by atoms with Crippen molar-refractivity contribution in [3.63, 3.8) is 0 Å². The Kier molecular flexibility index (Phi) is 8.15. The molecule has 1 N–H and O–H groups in total. The number of carbonyl (C=O) groups is 3. The Morgan fingerprint density at radius 2 is 1.86 bits per heavy atom. The first kappa shape index (κ1) is 18.1. The van der Waals surface area contributed by atoms with Crippen molar-refractivity contribution < 1.29 is 23.6 Å². The average Bonchev–Trinajstić information content (AvgIpc) is 2.53. The predicted octanol–water partition coefficient (Wildman–Crippen LogP) is 1.91. The number of nitrogens with one attached hydrogen (secondary N) is 1. The third kappa shape index (κ3) is 6.22. The molecule has 0 heterocycles. The van der Waals surface area contributed by atoms with Gasteiger partial charge < -0.3 is 14.6 Å². The van der Waals surface area contributed by atoms with Crippen LogP contribution in [0.1, 0.15) is 37.9 Å². The lowest BCUT2D eigenvalue weighted by Gasteiger charge is -2.16. The Bertz CT molecular complexity index is 506. The van der Waals surface area contributed by atoms with Gasteiger partial charge in [0.05, 0.1) is 15.9 Å². The molecule has 1 amide bonds. The molecule has 0 spiro atoms. The van der Waals surface area contributed by atoms with Gasteiger partial charge in [0.2, 0.25) is 12.0 Å². The van der Waals surface area contributed by atoms with Gasteiger partial charge in [-0.05, 0) is 6.42 Å². The second-order valence-corrected chi connectivity index (χ2v) is 4.80. The molecule has 120 valence electrons. The predicted molar refractivity (Wildman–Crippen MR) is 83.6 cm³/mol. The molecular weight excluding hydrogens is 305 g/mol. The molecule has 1 aromatic rings. The molecule has 1 aromatic carbocycles. The minimum atomic E-state index is -1.11. The fourth-order valence-electron chi connectivity index (χ4n) is 1.75. The summed E-state index contributed by atoms with van der Waals surface area (Å²) >= 11 is 0. The maximum atomic E-state index is 11.8. The van der Waals surface area contributed by atoms with Crippen molar-refractivity contribution >= 4 is 27.3 Å². The van der Waals surface area contributed by atoms with E-state index in [1.807, 2.05) is 16.4 Å². The smallest absolute Gasteiger partial charge is 0.354 e. The van der Waals surface area contributed by atoms with E-state index in [9.17, 15) is 14.4 Å². The molecule has 0 saturated carbocycles. The van der Waals surface area contributed by atoms with Crippen molar-refractivity contribution in [3.8, 4) is 0 Å². The van der Waals surface area contributed by atoms with Gasteiger partial charge in [-0.25, -0.2) is 4.79 Å². The number of ether oxygens (including phenoxy) is 1. The van der Waals surface area contributed by atoms with E-state index in [2.05, 4.69) is 9.84 Å². The molecule has 0 aromatic heterocycles. The van der Waals surface area contributed by atoms with Crippen LogP contribution in [0, 0.1) is 0 Å². The van der Waals surface area contributed by atoms with E-state index < -0.39 is 18.0 Å². The van der Waals surface area contributed by atoms with Crippen LogP contribution in [-0.4, -0.2) is 24.4 Å². The molecular formula is C15H20NO5P. The lowest BCUT2D eigenvalue weighted by molar-refractivity contribution is -0.162. The number of rotatable bonds is 8. The molecule has 0 bridgehead atoms. The van der Waals surface area contributed by atoms with E-state index in [-0.39, 0.29) is 18.9 Å². The lowest BCUT2D eigenvalue weighted by atomic mass is 10.1. The van der Waals surface area contributed by atoms with Gasteiger partial charge in [-0.1, -0.05) is 37.3 Å². The van der Waals surface area contributed by atoms with Gasteiger partial charge in [0, 0.05) is 18.5 Å². The maximum Gasteiger partial charge on any atom is 0.354 e. The molecule has 0 aliphatic heterocycles. The molecule has 1 rings (SSSR count). The van der Waals surface area contributed by atoms with Gasteiger partial charge >= 0.3 is 11.9 Å². The number of hydrogen-bond donors (Lipinski definition) is 1. The summed E-state index contributed by atoms with van der Waals surface area (Å²) in [5.74, 6) is -1.38. The van der Waals surface area contributed by atoms with Crippen LogP contribution < -0.4 is 5.32 Å². The Labute approximate surface area is 131 Å². The van der Waals surface area contributed by atoms with E-state index in [0.29, 0.717) is 12.0 Å². The monoisotopic (exact) mass is 325 g/mol. The molecule has 1 unspecified atom stereocenters. The number of carbonyl (C=O) groups excluding carboxylic acids is 3. The molecule has 0 radical (unpaired) electrons.